The number of carbonyl (C=O) groups is 2. The summed E-state index contributed by atoms with van der Waals surface area (Å²) in [4.78, 5) is 21.3. The van der Waals surface area contributed by atoms with E-state index in [4.69, 9.17) is 10.8 Å². The molecule has 1 aromatic heterocycles. The molecule has 94 valence electrons. The minimum absolute atomic E-state index is 0.464. The average Bonchev–Trinajstić information content (AvgIpc) is 2.65. The van der Waals surface area contributed by atoms with Crippen LogP contribution in [0.5, 0.6) is 0 Å². The summed E-state index contributed by atoms with van der Waals surface area (Å²) in [6, 6.07) is 2.89. The summed E-state index contributed by atoms with van der Waals surface area (Å²) in [6.07, 6.45) is 2.85. The van der Waals surface area contributed by atoms with Crippen molar-refractivity contribution in [2.45, 2.75) is 38.8 Å². The molecule has 0 aliphatic carbocycles. The summed E-state index contributed by atoms with van der Waals surface area (Å²) in [6.45, 7) is 2.66. The summed E-state index contributed by atoms with van der Waals surface area (Å²) < 4.78 is 1.93. The summed E-state index contributed by atoms with van der Waals surface area (Å²) in [7, 11) is 0. The van der Waals surface area contributed by atoms with Crippen LogP contribution in [0.15, 0.2) is 12.1 Å². The van der Waals surface area contributed by atoms with Gasteiger partial charge in [-0.05, 0) is 38.3 Å². The molecule has 0 aromatic carbocycles. The number of carboxylic acid groups (broad SMARTS) is 1. The van der Waals surface area contributed by atoms with Gasteiger partial charge in [0, 0.05) is 12.2 Å². The summed E-state index contributed by atoms with van der Waals surface area (Å²) >= 11 is 0. The Bertz CT molecular complexity index is 398. The highest BCUT2D eigenvalue weighted by Gasteiger charge is 2.10. The Morgan fingerprint density at radius 3 is 2.82 bits per heavy atom. The van der Waals surface area contributed by atoms with Gasteiger partial charge in [-0.1, -0.05) is 0 Å². The number of aromatic nitrogens is 1. The molecule has 1 rings (SSSR count). The molecule has 0 spiro atoms. The number of unbranched alkanes of at least 4 members (excludes halogenated alkanes) is 1. The number of aliphatic carboxylic acids is 1. The van der Waals surface area contributed by atoms with Crippen LogP contribution in [0.1, 0.15) is 35.4 Å². The van der Waals surface area contributed by atoms with E-state index in [-0.39, 0.29) is 0 Å². The van der Waals surface area contributed by atoms with Crippen molar-refractivity contribution in [3.05, 3.63) is 23.5 Å². The number of carboxylic acids is 1. The quantitative estimate of drug-likeness (QED) is 0.552. The first-order valence-corrected chi connectivity index (χ1v) is 5.66. The number of nitrogens with zero attached hydrogens (tertiary/aromatic N) is 1. The van der Waals surface area contributed by atoms with Crippen molar-refractivity contribution in [1.29, 1.82) is 0 Å². The molecule has 0 aliphatic heterocycles. The lowest BCUT2D eigenvalue weighted by atomic mass is 10.1. The first-order chi connectivity index (χ1) is 8.06. The predicted octanol–water partition coefficient (Wildman–Crippen LogP) is 1.19. The molecule has 1 atom stereocenters. The molecule has 0 amide bonds. The third kappa shape index (κ3) is 3.71. The van der Waals surface area contributed by atoms with Gasteiger partial charge >= 0.3 is 5.97 Å². The van der Waals surface area contributed by atoms with Crippen LogP contribution >= 0.6 is 0 Å². The van der Waals surface area contributed by atoms with Gasteiger partial charge in [0.25, 0.3) is 0 Å². The highest BCUT2D eigenvalue weighted by molar-refractivity contribution is 5.73. The van der Waals surface area contributed by atoms with E-state index in [0.29, 0.717) is 12.1 Å². The van der Waals surface area contributed by atoms with Gasteiger partial charge in [0.1, 0.15) is 6.04 Å². The minimum Gasteiger partial charge on any atom is -0.480 e. The van der Waals surface area contributed by atoms with Gasteiger partial charge in [0.2, 0.25) is 0 Å². The molecular weight excluding hydrogens is 220 g/mol. The molecular formula is C12H18N2O3. The minimum atomic E-state index is -0.962. The average molecular weight is 238 g/mol. The standard InChI is InChI=1S/C12H18N2O3/c1-9-5-6-10(8-15)14(9)7-3-2-4-11(13)12(16)17/h5-6,8,11H,2-4,7,13H2,1H3,(H,16,17). The maximum absolute atomic E-state index is 10.8. The smallest absolute Gasteiger partial charge is 0.320 e. The van der Waals surface area contributed by atoms with E-state index < -0.39 is 12.0 Å². The molecule has 3 N–H and O–H groups in total. The van der Waals surface area contributed by atoms with Crippen molar-refractivity contribution in [2.24, 2.45) is 5.73 Å². The zero-order valence-corrected chi connectivity index (χ0v) is 9.93. The zero-order valence-electron chi connectivity index (χ0n) is 9.93. The van der Waals surface area contributed by atoms with Gasteiger partial charge in [-0.25, -0.2) is 0 Å². The first-order valence-electron chi connectivity index (χ1n) is 5.66. The number of aldehydes is 1. The number of carbonyl (C=O) groups excluding carboxylic acids is 1. The summed E-state index contributed by atoms with van der Waals surface area (Å²) in [5, 5.41) is 8.62. The molecule has 5 heteroatoms. The van der Waals surface area contributed by atoms with Crippen LogP contribution < -0.4 is 5.73 Å². The molecule has 0 saturated heterocycles. The Balaban J connectivity index is 2.38. The van der Waals surface area contributed by atoms with E-state index in [2.05, 4.69) is 0 Å². The molecule has 0 saturated carbocycles. The predicted molar refractivity (Wildman–Crippen MR) is 64.0 cm³/mol. The number of rotatable bonds is 7. The number of hydrogen-bond acceptors (Lipinski definition) is 3. The number of nitrogens with two attached hydrogens (primary N) is 1. The van der Waals surface area contributed by atoms with E-state index in [1.165, 1.54) is 0 Å². The molecule has 1 heterocycles. The largest absolute Gasteiger partial charge is 0.480 e. The van der Waals surface area contributed by atoms with Gasteiger partial charge in [-0.3, -0.25) is 9.59 Å². The Kier molecular flexibility index (Phi) is 4.90. The molecule has 17 heavy (non-hydrogen) atoms. The van der Waals surface area contributed by atoms with Crippen molar-refractivity contribution in [3.63, 3.8) is 0 Å². The van der Waals surface area contributed by atoms with E-state index in [9.17, 15) is 9.59 Å². The zero-order chi connectivity index (χ0) is 12.8. The Labute approximate surface area is 100 Å². The Hall–Kier alpha value is -1.62. The highest BCUT2D eigenvalue weighted by Crippen LogP contribution is 2.09. The van der Waals surface area contributed by atoms with E-state index in [0.717, 1.165) is 31.4 Å². The van der Waals surface area contributed by atoms with E-state index >= 15 is 0 Å². The second-order valence-corrected chi connectivity index (χ2v) is 4.11. The van der Waals surface area contributed by atoms with Gasteiger partial charge in [0.05, 0.1) is 5.69 Å². The maximum atomic E-state index is 10.8. The lowest BCUT2D eigenvalue weighted by Crippen LogP contribution is -2.29. The monoisotopic (exact) mass is 238 g/mol. The fourth-order valence-corrected chi connectivity index (χ4v) is 1.76. The number of hydrogen-bond donors (Lipinski definition) is 2. The van der Waals surface area contributed by atoms with Crippen LogP contribution in [0.2, 0.25) is 0 Å². The molecule has 1 unspecified atom stereocenters. The SMILES string of the molecule is Cc1ccc(C=O)n1CCCCC(N)C(=O)O. The van der Waals surface area contributed by atoms with Crippen LogP contribution in [-0.4, -0.2) is 28.0 Å². The van der Waals surface area contributed by atoms with E-state index in [1.807, 2.05) is 17.6 Å². The topological polar surface area (TPSA) is 85.3 Å². The Morgan fingerprint density at radius 1 is 1.53 bits per heavy atom. The summed E-state index contributed by atoms with van der Waals surface area (Å²) in [5.74, 6) is -0.962. The second-order valence-electron chi connectivity index (χ2n) is 4.11. The normalized spacial score (nSPS) is 12.4. The van der Waals surface area contributed by atoms with Crippen LogP contribution in [-0.2, 0) is 11.3 Å². The Morgan fingerprint density at radius 2 is 2.24 bits per heavy atom. The fraction of sp³-hybridized carbons (Fsp3) is 0.500. The third-order valence-corrected chi connectivity index (χ3v) is 2.82. The van der Waals surface area contributed by atoms with Crippen molar-refractivity contribution in [3.8, 4) is 0 Å². The van der Waals surface area contributed by atoms with Crippen LogP contribution in [0, 0.1) is 6.92 Å². The van der Waals surface area contributed by atoms with Gasteiger partial charge < -0.3 is 15.4 Å². The molecule has 0 radical (unpaired) electrons. The highest BCUT2D eigenvalue weighted by atomic mass is 16.4. The van der Waals surface area contributed by atoms with E-state index in [1.54, 1.807) is 6.07 Å². The van der Waals surface area contributed by atoms with Crippen molar-refractivity contribution >= 4 is 12.3 Å². The van der Waals surface area contributed by atoms with Gasteiger partial charge in [-0.15, -0.1) is 0 Å². The van der Waals surface area contributed by atoms with Gasteiger partial charge in [0.15, 0.2) is 6.29 Å². The maximum Gasteiger partial charge on any atom is 0.320 e. The van der Waals surface area contributed by atoms with Crippen LogP contribution in [0.25, 0.3) is 0 Å². The van der Waals surface area contributed by atoms with Crippen molar-refractivity contribution in [1.82, 2.24) is 4.57 Å². The third-order valence-electron chi connectivity index (χ3n) is 2.82. The lowest BCUT2D eigenvalue weighted by molar-refractivity contribution is -0.138. The van der Waals surface area contributed by atoms with Crippen molar-refractivity contribution in [2.75, 3.05) is 0 Å². The van der Waals surface area contributed by atoms with Gasteiger partial charge in [-0.2, -0.15) is 0 Å². The van der Waals surface area contributed by atoms with Crippen LogP contribution in [0.3, 0.4) is 0 Å². The fourth-order valence-electron chi connectivity index (χ4n) is 1.76. The first kappa shape index (κ1) is 13.4. The van der Waals surface area contributed by atoms with Crippen molar-refractivity contribution < 1.29 is 14.7 Å². The molecule has 5 nitrogen and oxygen atoms in total. The lowest BCUT2D eigenvalue weighted by Gasteiger charge is -2.09. The molecule has 0 aliphatic rings. The second kappa shape index (κ2) is 6.20. The molecule has 0 bridgehead atoms. The summed E-state index contributed by atoms with van der Waals surface area (Å²) in [5.41, 5.74) is 7.09. The molecule has 1 aromatic rings. The van der Waals surface area contributed by atoms with Crippen LogP contribution in [0.4, 0.5) is 0 Å². The number of aryl methyl sites for hydroxylation is 1. The molecule has 0 fully saturated rings.